The summed E-state index contributed by atoms with van der Waals surface area (Å²) in [6.45, 7) is 0. The van der Waals surface area contributed by atoms with E-state index in [0.29, 0.717) is 12.4 Å². The van der Waals surface area contributed by atoms with Crippen LogP contribution in [0.1, 0.15) is 5.56 Å². The van der Waals surface area contributed by atoms with Crippen LogP contribution < -0.4 is 16.2 Å². The predicted molar refractivity (Wildman–Crippen MR) is 60.1 cm³/mol. The van der Waals surface area contributed by atoms with Gasteiger partial charge in [0.25, 0.3) is 6.20 Å². The van der Waals surface area contributed by atoms with Gasteiger partial charge in [-0.2, -0.15) is 13.2 Å². The average molecular weight is 277 g/mol. The molecule has 0 saturated heterocycles. The number of hydrogen-bond acceptors (Lipinski definition) is 6. The first-order valence-electron chi connectivity index (χ1n) is 4.91. The van der Waals surface area contributed by atoms with Crippen LogP contribution in [0.25, 0.3) is 0 Å². The third kappa shape index (κ3) is 4.69. The standard InChI is InChI=1S/C9H10F3N5O2/c1-13-8(5-17(18)19)16-15-7-3-2-6(4-14-7)9(10,11)12/h2-5,13,16H,1H3,(H,14,15)/b8-5-. The molecular weight excluding hydrogens is 267 g/mol. The normalized spacial score (nSPS) is 11.9. The lowest BCUT2D eigenvalue weighted by molar-refractivity contribution is -0.404. The zero-order chi connectivity index (χ0) is 14.5. The van der Waals surface area contributed by atoms with Crippen molar-refractivity contribution in [2.75, 3.05) is 12.5 Å². The number of rotatable bonds is 5. The molecule has 0 aliphatic heterocycles. The highest BCUT2D eigenvalue weighted by molar-refractivity contribution is 5.35. The molecule has 19 heavy (non-hydrogen) atoms. The Balaban J connectivity index is 2.66. The first-order chi connectivity index (χ1) is 8.82. The number of anilines is 1. The van der Waals surface area contributed by atoms with Gasteiger partial charge in [-0.25, -0.2) is 4.98 Å². The fourth-order valence-corrected chi connectivity index (χ4v) is 1.03. The van der Waals surface area contributed by atoms with Gasteiger partial charge < -0.3 is 5.32 Å². The van der Waals surface area contributed by atoms with Gasteiger partial charge in [0.2, 0.25) is 0 Å². The van der Waals surface area contributed by atoms with Crippen LogP contribution in [0.15, 0.2) is 30.4 Å². The number of nitrogens with one attached hydrogen (secondary N) is 3. The lowest BCUT2D eigenvalue weighted by Gasteiger charge is -2.11. The minimum atomic E-state index is -4.46. The van der Waals surface area contributed by atoms with Gasteiger partial charge in [0.15, 0.2) is 5.82 Å². The van der Waals surface area contributed by atoms with Gasteiger partial charge in [-0.3, -0.25) is 21.0 Å². The average Bonchev–Trinajstić information content (AvgIpc) is 2.33. The Bertz CT molecular complexity index is 472. The lowest BCUT2D eigenvalue weighted by Crippen LogP contribution is -2.29. The molecule has 1 aromatic heterocycles. The molecule has 1 heterocycles. The fraction of sp³-hybridized carbons (Fsp3) is 0.222. The Morgan fingerprint density at radius 2 is 2.16 bits per heavy atom. The molecule has 0 aromatic carbocycles. The fourth-order valence-electron chi connectivity index (χ4n) is 1.03. The highest BCUT2D eigenvalue weighted by Crippen LogP contribution is 2.28. The summed E-state index contributed by atoms with van der Waals surface area (Å²) in [5.41, 5.74) is 3.92. The first-order valence-corrected chi connectivity index (χ1v) is 4.91. The molecule has 0 spiro atoms. The Kier molecular flexibility index (Phi) is 4.51. The highest BCUT2D eigenvalue weighted by Gasteiger charge is 2.30. The van der Waals surface area contributed by atoms with Crippen LogP contribution >= 0.6 is 0 Å². The van der Waals surface area contributed by atoms with Crippen molar-refractivity contribution < 1.29 is 18.1 Å². The minimum Gasteiger partial charge on any atom is -0.368 e. The van der Waals surface area contributed by atoms with E-state index in [0.717, 1.165) is 12.1 Å². The van der Waals surface area contributed by atoms with Crippen LogP contribution in [0.2, 0.25) is 0 Å². The van der Waals surface area contributed by atoms with E-state index >= 15 is 0 Å². The van der Waals surface area contributed by atoms with Gasteiger partial charge in [0.05, 0.1) is 10.5 Å². The van der Waals surface area contributed by atoms with Gasteiger partial charge in [-0.05, 0) is 12.1 Å². The molecule has 0 bridgehead atoms. The van der Waals surface area contributed by atoms with Crippen molar-refractivity contribution in [1.82, 2.24) is 15.7 Å². The number of hydrazine groups is 1. The van der Waals surface area contributed by atoms with Gasteiger partial charge in [-0.1, -0.05) is 0 Å². The number of halogens is 3. The number of hydrogen-bond donors (Lipinski definition) is 3. The number of nitrogens with zero attached hydrogens (tertiary/aromatic N) is 2. The maximum Gasteiger partial charge on any atom is 0.417 e. The SMILES string of the molecule is CN/C(=C/[N+](=O)[O-])NNc1ccc(C(F)(F)F)cn1. The van der Waals surface area contributed by atoms with E-state index in [2.05, 4.69) is 21.2 Å². The molecule has 0 amide bonds. The molecule has 0 unspecified atom stereocenters. The molecular formula is C9H10F3N5O2. The Labute approximate surface area is 105 Å². The topological polar surface area (TPSA) is 92.1 Å². The van der Waals surface area contributed by atoms with E-state index in [9.17, 15) is 23.3 Å². The van der Waals surface area contributed by atoms with Crippen LogP contribution in [0, 0.1) is 10.1 Å². The van der Waals surface area contributed by atoms with Crippen LogP contribution in [-0.2, 0) is 6.18 Å². The van der Waals surface area contributed by atoms with Crippen molar-refractivity contribution in [1.29, 1.82) is 0 Å². The predicted octanol–water partition coefficient (Wildman–Crippen LogP) is 1.31. The van der Waals surface area contributed by atoms with Crippen molar-refractivity contribution in [2.24, 2.45) is 0 Å². The largest absolute Gasteiger partial charge is 0.417 e. The maximum absolute atomic E-state index is 12.3. The molecule has 0 saturated carbocycles. The second-order valence-corrected chi connectivity index (χ2v) is 3.26. The zero-order valence-corrected chi connectivity index (χ0v) is 9.65. The Morgan fingerprint density at radius 3 is 2.58 bits per heavy atom. The van der Waals surface area contributed by atoms with Gasteiger partial charge >= 0.3 is 6.18 Å². The first kappa shape index (κ1) is 14.5. The van der Waals surface area contributed by atoms with E-state index in [1.807, 2.05) is 0 Å². The molecule has 10 heteroatoms. The van der Waals surface area contributed by atoms with Crippen molar-refractivity contribution in [2.45, 2.75) is 6.18 Å². The summed E-state index contributed by atoms with van der Waals surface area (Å²) in [5.74, 6) is 0.101. The number of aromatic nitrogens is 1. The lowest BCUT2D eigenvalue weighted by atomic mass is 10.3. The minimum absolute atomic E-state index is 0.0201. The summed E-state index contributed by atoms with van der Waals surface area (Å²) in [6.07, 6.45) is -3.15. The maximum atomic E-state index is 12.3. The van der Waals surface area contributed by atoms with Crippen LogP contribution in [0.5, 0.6) is 0 Å². The summed E-state index contributed by atoms with van der Waals surface area (Å²) >= 11 is 0. The summed E-state index contributed by atoms with van der Waals surface area (Å²) in [4.78, 5) is 13.0. The number of nitro groups is 1. The van der Waals surface area contributed by atoms with Crippen molar-refractivity contribution >= 4 is 5.82 Å². The van der Waals surface area contributed by atoms with E-state index < -0.39 is 16.7 Å². The van der Waals surface area contributed by atoms with E-state index in [-0.39, 0.29) is 11.6 Å². The van der Waals surface area contributed by atoms with Crippen LogP contribution in [-0.4, -0.2) is 17.0 Å². The van der Waals surface area contributed by atoms with Gasteiger partial charge in [0, 0.05) is 13.2 Å². The smallest absolute Gasteiger partial charge is 0.368 e. The number of pyridine rings is 1. The van der Waals surface area contributed by atoms with Crippen LogP contribution in [0.4, 0.5) is 19.0 Å². The highest BCUT2D eigenvalue weighted by atomic mass is 19.4. The quantitative estimate of drug-likeness (QED) is 0.555. The molecule has 1 aromatic rings. The van der Waals surface area contributed by atoms with Crippen molar-refractivity contribution in [3.63, 3.8) is 0 Å². The molecule has 0 fully saturated rings. The summed E-state index contributed by atoms with van der Waals surface area (Å²) in [7, 11) is 1.43. The molecule has 1 rings (SSSR count). The molecule has 0 radical (unpaired) electrons. The summed E-state index contributed by atoms with van der Waals surface area (Å²) < 4.78 is 36.8. The van der Waals surface area contributed by atoms with E-state index in [1.54, 1.807) is 0 Å². The molecule has 0 atom stereocenters. The van der Waals surface area contributed by atoms with E-state index in [4.69, 9.17) is 0 Å². The van der Waals surface area contributed by atoms with Gasteiger partial charge in [0.1, 0.15) is 5.82 Å². The molecule has 3 N–H and O–H groups in total. The Hall–Kier alpha value is -2.52. The second-order valence-electron chi connectivity index (χ2n) is 3.26. The van der Waals surface area contributed by atoms with E-state index in [1.165, 1.54) is 7.05 Å². The summed E-state index contributed by atoms with van der Waals surface area (Å²) in [5, 5.41) is 12.7. The Morgan fingerprint density at radius 1 is 1.47 bits per heavy atom. The summed E-state index contributed by atoms with van der Waals surface area (Å²) in [6, 6.07) is 1.93. The molecule has 104 valence electrons. The molecule has 0 aliphatic carbocycles. The third-order valence-electron chi connectivity index (χ3n) is 1.92. The third-order valence-corrected chi connectivity index (χ3v) is 1.92. The van der Waals surface area contributed by atoms with Gasteiger partial charge in [-0.15, -0.1) is 0 Å². The van der Waals surface area contributed by atoms with Crippen LogP contribution in [0.3, 0.4) is 0 Å². The molecule has 7 nitrogen and oxygen atoms in total. The van der Waals surface area contributed by atoms with Crippen molar-refractivity contribution in [3.05, 3.63) is 46.0 Å². The monoisotopic (exact) mass is 277 g/mol. The molecule has 0 aliphatic rings. The second kappa shape index (κ2) is 5.89. The van der Waals surface area contributed by atoms with Crippen molar-refractivity contribution in [3.8, 4) is 0 Å². The number of alkyl halides is 3. The zero-order valence-electron chi connectivity index (χ0n) is 9.65.